The van der Waals surface area contributed by atoms with Crippen molar-refractivity contribution in [3.8, 4) is 0 Å². The second-order valence-corrected chi connectivity index (χ2v) is 4.51. The molecule has 0 radical (unpaired) electrons. The minimum Gasteiger partial charge on any atom is -0.334 e. The third-order valence-electron chi connectivity index (χ3n) is 3.12. The Labute approximate surface area is 98.4 Å². The molecule has 1 rings (SSSR count). The average Bonchev–Trinajstić information content (AvgIpc) is 2.23. The first-order valence-electron chi connectivity index (χ1n) is 5.86. The molecule has 0 aromatic heterocycles. The summed E-state index contributed by atoms with van der Waals surface area (Å²) in [6.07, 6.45) is 7.24. The van der Waals surface area contributed by atoms with E-state index >= 15 is 0 Å². The number of amides is 1. The molecule has 2 atom stereocenters. The number of nitrogens with zero attached hydrogens (tertiary/aromatic N) is 2. The lowest BCUT2D eigenvalue weighted by Gasteiger charge is -2.42. The standard InChI is InChI=1S/C13H22N2O/c1-5-6-7-8-13(16)15-10-11(2)14(4)9-12(15)3/h5-8,11-12H,9-10H2,1-4H3/b6-5+,8-7+/t11-,12+/m0/s1. The van der Waals surface area contributed by atoms with Crippen LogP contribution in [0.15, 0.2) is 24.3 Å². The first-order chi connectivity index (χ1) is 7.56. The van der Waals surface area contributed by atoms with Gasteiger partial charge in [0.2, 0.25) is 5.91 Å². The molecule has 1 aliphatic heterocycles. The van der Waals surface area contributed by atoms with Gasteiger partial charge in [0.15, 0.2) is 0 Å². The number of piperazine rings is 1. The van der Waals surface area contributed by atoms with Gasteiger partial charge in [-0.2, -0.15) is 0 Å². The van der Waals surface area contributed by atoms with Crippen LogP contribution in [0.3, 0.4) is 0 Å². The van der Waals surface area contributed by atoms with Crippen LogP contribution in [-0.4, -0.2) is 47.9 Å². The summed E-state index contributed by atoms with van der Waals surface area (Å²) in [6.45, 7) is 7.96. The van der Waals surface area contributed by atoms with E-state index in [1.165, 1.54) is 0 Å². The highest BCUT2D eigenvalue weighted by atomic mass is 16.2. The molecule has 3 nitrogen and oxygen atoms in total. The van der Waals surface area contributed by atoms with Crippen LogP contribution in [0.1, 0.15) is 20.8 Å². The number of hydrogen-bond donors (Lipinski definition) is 0. The number of carbonyl (C=O) groups is 1. The minimum atomic E-state index is 0.116. The lowest BCUT2D eigenvalue weighted by atomic mass is 10.1. The molecule has 1 fully saturated rings. The van der Waals surface area contributed by atoms with Crippen LogP contribution in [0.4, 0.5) is 0 Å². The topological polar surface area (TPSA) is 23.6 Å². The largest absolute Gasteiger partial charge is 0.334 e. The van der Waals surface area contributed by atoms with Crippen molar-refractivity contribution in [2.75, 3.05) is 20.1 Å². The highest BCUT2D eigenvalue weighted by Gasteiger charge is 2.28. The van der Waals surface area contributed by atoms with Crippen molar-refractivity contribution >= 4 is 5.91 Å². The molecule has 1 aliphatic rings. The number of carbonyl (C=O) groups excluding carboxylic acids is 1. The number of likely N-dealkylation sites (N-methyl/N-ethyl adjacent to an activating group) is 1. The number of allylic oxidation sites excluding steroid dienone is 3. The third kappa shape index (κ3) is 3.20. The maximum absolute atomic E-state index is 11.9. The molecule has 0 aliphatic carbocycles. The van der Waals surface area contributed by atoms with Gasteiger partial charge < -0.3 is 4.90 Å². The van der Waals surface area contributed by atoms with Crippen LogP contribution in [-0.2, 0) is 4.79 Å². The Kier molecular flexibility index (Phi) is 4.74. The summed E-state index contributed by atoms with van der Waals surface area (Å²) in [5.74, 6) is 0.116. The van der Waals surface area contributed by atoms with Gasteiger partial charge in [0.25, 0.3) is 0 Å². The Morgan fingerprint density at radius 3 is 2.50 bits per heavy atom. The van der Waals surface area contributed by atoms with Gasteiger partial charge in [-0.15, -0.1) is 0 Å². The van der Waals surface area contributed by atoms with E-state index in [1.807, 2.05) is 24.0 Å². The van der Waals surface area contributed by atoms with Crippen LogP contribution in [0, 0.1) is 0 Å². The Hall–Kier alpha value is -1.09. The molecule has 0 unspecified atom stereocenters. The van der Waals surface area contributed by atoms with Crippen molar-refractivity contribution in [2.24, 2.45) is 0 Å². The molecule has 0 aromatic rings. The average molecular weight is 222 g/mol. The molecule has 0 N–H and O–H groups in total. The fraction of sp³-hybridized carbons (Fsp3) is 0.615. The summed E-state index contributed by atoms with van der Waals surface area (Å²) < 4.78 is 0. The summed E-state index contributed by atoms with van der Waals surface area (Å²) >= 11 is 0. The Morgan fingerprint density at radius 1 is 1.19 bits per heavy atom. The molecule has 0 spiro atoms. The lowest BCUT2D eigenvalue weighted by Crippen LogP contribution is -2.56. The predicted octanol–water partition coefficient (Wildman–Crippen LogP) is 1.67. The maximum Gasteiger partial charge on any atom is 0.246 e. The highest BCUT2D eigenvalue weighted by molar-refractivity contribution is 5.88. The fourth-order valence-corrected chi connectivity index (χ4v) is 1.95. The normalized spacial score (nSPS) is 28.1. The molecule has 0 saturated carbocycles. The molecule has 16 heavy (non-hydrogen) atoms. The van der Waals surface area contributed by atoms with E-state index in [0.717, 1.165) is 13.1 Å². The number of hydrogen-bond acceptors (Lipinski definition) is 2. The first kappa shape index (κ1) is 13.0. The SMILES string of the molecule is C/C=C/C=C/C(=O)N1C[C@H](C)N(C)C[C@H]1C. The molecule has 1 saturated heterocycles. The fourth-order valence-electron chi connectivity index (χ4n) is 1.95. The number of rotatable bonds is 2. The molecular weight excluding hydrogens is 200 g/mol. The van der Waals surface area contributed by atoms with E-state index in [1.54, 1.807) is 12.2 Å². The van der Waals surface area contributed by atoms with Crippen LogP contribution in [0.2, 0.25) is 0 Å². The van der Waals surface area contributed by atoms with Gasteiger partial charge in [0.1, 0.15) is 0 Å². The zero-order chi connectivity index (χ0) is 12.1. The van der Waals surface area contributed by atoms with E-state index in [4.69, 9.17) is 0 Å². The summed E-state index contributed by atoms with van der Waals surface area (Å²) in [4.78, 5) is 16.2. The second kappa shape index (κ2) is 5.85. The highest BCUT2D eigenvalue weighted by Crippen LogP contribution is 2.13. The quantitative estimate of drug-likeness (QED) is 0.524. The maximum atomic E-state index is 11.9. The van der Waals surface area contributed by atoms with E-state index in [-0.39, 0.29) is 5.91 Å². The molecule has 1 heterocycles. The van der Waals surface area contributed by atoms with E-state index in [2.05, 4.69) is 25.8 Å². The van der Waals surface area contributed by atoms with Gasteiger partial charge in [-0.1, -0.05) is 18.2 Å². The van der Waals surface area contributed by atoms with Crippen molar-refractivity contribution in [3.05, 3.63) is 24.3 Å². The Bertz CT molecular complexity index is 296. The van der Waals surface area contributed by atoms with Crippen LogP contribution >= 0.6 is 0 Å². The van der Waals surface area contributed by atoms with Crippen LogP contribution in [0.25, 0.3) is 0 Å². The Balaban J connectivity index is 2.62. The van der Waals surface area contributed by atoms with Gasteiger partial charge in [0.05, 0.1) is 0 Å². The van der Waals surface area contributed by atoms with Crippen LogP contribution in [0.5, 0.6) is 0 Å². The van der Waals surface area contributed by atoms with E-state index in [9.17, 15) is 4.79 Å². The summed E-state index contributed by atoms with van der Waals surface area (Å²) in [5, 5.41) is 0. The molecule has 1 amide bonds. The third-order valence-corrected chi connectivity index (χ3v) is 3.12. The summed E-state index contributed by atoms with van der Waals surface area (Å²) in [5.41, 5.74) is 0. The van der Waals surface area contributed by atoms with Gasteiger partial charge in [-0.3, -0.25) is 9.69 Å². The predicted molar refractivity (Wildman–Crippen MR) is 67.2 cm³/mol. The Morgan fingerprint density at radius 2 is 1.88 bits per heavy atom. The van der Waals surface area contributed by atoms with Crippen molar-refractivity contribution < 1.29 is 4.79 Å². The molecular formula is C13H22N2O. The van der Waals surface area contributed by atoms with E-state index in [0.29, 0.717) is 12.1 Å². The molecule has 3 heteroatoms. The molecule has 90 valence electrons. The smallest absolute Gasteiger partial charge is 0.246 e. The summed E-state index contributed by atoms with van der Waals surface area (Å²) in [6, 6.07) is 0.735. The van der Waals surface area contributed by atoms with E-state index < -0.39 is 0 Å². The van der Waals surface area contributed by atoms with Crippen molar-refractivity contribution in [1.29, 1.82) is 0 Å². The summed E-state index contributed by atoms with van der Waals surface area (Å²) in [7, 11) is 2.11. The minimum absolute atomic E-state index is 0.116. The van der Waals surface area contributed by atoms with Crippen molar-refractivity contribution in [2.45, 2.75) is 32.9 Å². The van der Waals surface area contributed by atoms with Gasteiger partial charge in [-0.05, 0) is 27.8 Å². The van der Waals surface area contributed by atoms with Gasteiger partial charge >= 0.3 is 0 Å². The molecule has 0 aromatic carbocycles. The van der Waals surface area contributed by atoms with Crippen LogP contribution < -0.4 is 0 Å². The zero-order valence-electron chi connectivity index (χ0n) is 10.7. The second-order valence-electron chi connectivity index (χ2n) is 4.51. The first-order valence-corrected chi connectivity index (χ1v) is 5.86. The van der Waals surface area contributed by atoms with Crippen molar-refractivity contribution in [1.82, 2.24) is 9.80 Å². The van der Waals surface area contributed by atoms with Crippen molar-refractivity contribution in [3.63, 3.8) is 0 Å². The zero-order valence-corrected chi connectivity index (χ0v) is 10.7. The monoisotopic (exact) mass is 222 g/mol. The van der Waals surface area contributed by atoms with Gasteiger partial charge in [0, 0.05) is 31.2 Å². The van der Waals surface area contributed by atoms with Gasteiger partial charge in [-0.25, -0.2) is 0 Å². The lowest BCUT2D eigenvalue weighted by molar-refractivity contribution is -0.131. The molecule has 0 bridgehead atoms.